The first-order chi connectivity index (χ1) is 8.65. The molecular weight excluding hydrogens is 239 g/mol. The molecule has 3 rings (SSSR count). The van der Waals surface area contributed by atoms with E-state index in [0.717, 1.165) is 0 Å². The second-order valence-electron chi connectivity index (χ2n) is 4.65. The highest BCUT2D eigenvalue weighted by Crippen LogP contribution is 2.32. The monoisotopic (exact) mass is 252 g/mol. The molecule has 0 aromatic carbocycles. The number of carbonyl (C=O) groups excluding carboxylic acids is 2. The lowest BCUT2D eigenvalue weighted by molar-refractivity contribution is -0.118. The van der Waals surface area contributed by atoms with Crippen molar-refractivity contribution < 1.29 is 18.7 Å². The Labute approximate surface area is 103 Å². The van der Waals surface area contributed by atoms with Crippen LogP contribution >= 0.6 is 0 Å². The summed E-state index contributed by atoms with van der Waals surface area (Å²) in [6, 6.07) is 0. The minimum Gasteiger partial charge on any atom is -0.448 e. The Morgan fingerprint density at radius 1 is 1.50 bits per heavy atom. The molecule has 0 aromatic heterocycles. The number of rotatable bonds is 2. The van der Waals surface area contributed by atoms with Crippen molar-refractivity contribution in [1.29, 1.82) is 0 Å². The smallest absolute Gasteiger partial charge is 0.409 e. The number of hydrogen-bond acceptors (Lipinski definition) is 3. The van der Waals surface area contributed by atoms with Gasteiger partial charge in [-0.1, -0.05) is 6.08 Å². The summed E-state index contributed by atoms with van der Waals surface area (Å²) in [5, 5.41) is 2.62. The minimum absolute atomic E-state index is 0.113. The Bertz CT molecular complexity index is 472. The van der Waals surface area contributed by atoms with Crippen LogP contribution in [0.2, 0.25) is 0 Å². The van der Waals surface area contributed by atoms with Crippen LogP contribution in [0.4, 0.5) is 9.18 Å². The first-order valence-electron chi connectivity index (χ1n) is 5.92. The van der Waals surface area contributed by atoms with Gasteiger partial charge in [0.25, 0.3) is 0 Å². The number of carbonyl (C=O) groups is 2. The molecule has 0 spiro atoms. The number of allylic oxidation sites excluding steroid dienone is 1. The Hall–Kier alpha value is -1.85. The van der Waals surface area contributed by atoms with Crippen LogP contribution in [0.15, 0.2) is 23.4 Å². The van der Waals surface area contributed by atoms with Gasteiger partial charge in [0, 0.05) is 18.2 Å². The maximum atomic E-state index is 14.3. The number of hydrogen-bond donors (Lipinski definition) is 1. The number of nitrogens with one attached hydrogen (secondary N) is 1. The van der Waals surface area contributed by atoms with Crippen LogP contribution in [0, 0.1) is 5.92 Å². The number of cyclic esters (lactones) is 1. The van der Waals surface area contributed by atoms with Gasteiger partial charge in [-0.25, -0.2) is 9.18 Å². The molecule has 0 aromatic rings. The molecule has 2 aliphatic heterocycles. The second kappa shape index (κ2) is 4.12. The third-order valence-corrected chi connectivity index (χ3v) is 3.47. The van der Waals surface area contributed by atoms with E-state index in [-0.39, 0.29) is 12.3 Å². The van der Waals surface area contributed by atoms with Crippen LogP contribution in [0.3, 0.4) is 0 Å². The molecule has 3 aliphatic rings. The zero-order chi connectivity index (χ0) is 12.7. The van der Waals surface area contributed by atoms with Gasteiger partial charge in [-0.2, -0.15) is 0 Å². The maximum absolute atomic E-state index is 14.3. The van der Waals surface area contributed by atoms with E-state index in [2.05, 4.69) is 5.32 Å². The van der Waals surface area contributed by atoms with Crippen molar-refractivity contribution in [1.82, 2.24) is 10.2 Å². The van der Waals surface area contributed by atoms with Crippen molar-refractivity contribution >= 4 is 12.0 Å². The average Bonchev–Trinajstić information content (AvgIpc) is 2.90. The van der Waals surface area contributed by atoms with E-state index in [1.165, 1.54) is 4.90 Å². The van der Waals surface area contributed by atoms with Crippen molar-refractivity contribution in [2.75, 3.05) is 19.7 Å². The number of amides is 2. The van der Waals surface area contributed by atoms with E-state index in [0.29, 0.717) is 31.0 Å². The average molecular weight is 252 g/mol. The van der Waals surface area contributed by atoms with Crippen LogP contribution in [-0.2, 0) is 9.53 Å². The molecule has 0 bridgehead atoms. The van der Waals surface area contributed by atoms with Crippen LogP contribution in [0.5, 0.6) is 0 Å². The van der Waals surface area contributed by atoms with E-state index >= 15 is 0 Å². The van der Waals surface area contributed by atoms with E-state index in [1.807, 2.05) is 0 Å². The molecule has 1 N–H and O–H groups in total. The summed E-state index contributed by atoms with van der Waals surface area (Å²) in [4.78, 5) is 24.0. The Kier molecular flexibility index (Phi) is 2.57. The summed E-state index contributed by atoms with van der Waals surface area (Å²) < 4.78 is 19.1. The number of ether oxygens (including phenoxy) is 1. The largest absolute Gasteiger partial charge is 0.448 e. The molecule has 2 heterocycles. The summed E-state index contributed by atoms with van der Waals surface area (Å²) in [6.07, 6.45) is 1.94. The first kappa shape index (κ1) is 11.3. The molecule has 2 unspecified atom stereocenters. The molecule has 96 valence electrons. The summed E-state index contributed by atoms with van der Waals surface area (Å²) in [7, 11) is 0. The van der Waals surface area contributed by atoms with Gasteiger partial charge in [0.05, 0.1) is 13.0 Å². The summed E-state index contributed by atoms with van der Waals surface area (Å²) in [5.74, 6) is -0.573. The van der Waals surface area contributed by atoms with Crippen LogP contribution in [-0.4, -0.2) is 42.8 Å². The standard InChI is InChI=1S/C12H13FN2O3/c13-11-7(6-15-3-4-18-12(15)17)1-2-9-8(11)5-10(16)14-9/h1-2,7,11H,3-6H2,(H,14,16). The van der Waals surface area contributed by atoms with Gasteiger partial charge >= 0.3 is 6.09 Å². The topological polar surface area (TPSA) is 58.6 Å². The quantitative estimate of drug-likeness (QED) is 0.788. The zero-order valence-corrected chi connectivity index (χ0v) is 9.69. The summed E-state index contributed by atoms with van der Waals surface area (Å²) >= 11 is 0. The third kappa shape index (κ3) is 1.77. The van der Waals surface area contributed by atoms with Gasteiger partial charge in [0.2, 0.25) is 5.91 Å². The van der Waals surface area contributed by atoms with Gasteiger partial charge in [-0.3, -0.25) is 4.79 Å². The predicted octanol–water partition coefficient (Wildman–Crippen LogP) is 0.737. The molecule has 1 fully saturated rings. The predicted molar refractivity (Wildman–Crippen MR) is 60.2 cm³/mol. The molecule has 2 amide bonds. The summed E-state index contributed by atoms with van der Waals surface area (Å²) in [6.45, 7) is 1.15. The highest BCUT2D eigenvalue weighted by atomic mass is 19.1. The lowest BCUT2D eigenvalue weighted by Gasteiger charge is -2.25. The molecular formula is C12H13FN2O3. The van der Waals surface area contributed by atoms with E-state index in [9.17, 15) is 14.0 Å². The number of halogens is 1. The van der Waals surface area contributed by atoms with Crippen LogP contribution in [0.25, 0.3) is 0 Å². The Morgan fingerprint density at radius 2 is 2.33 bits per heavy atom. The van der Waals surface area contributed by atoms with Crippen LogP contribution < -0.4 is 5.32 Å². The van der Waals surface area contributed by atoms with Gasteiger partial charge in [-0.05, 0) is 11.6 Å². The highest BCUT2D eigenvalue weighted by molar-refractivity contribution is 5.85. The van der Waals surface area contributed by atoms with Crippen molar-refractivity contribution in [2.24, 2.45) is 5.92 Å². The van der Waals surface area contributed by atoms with Crippen molar-refractivity contribution in [3.8, 4) is 0 Å². The molecule has 5 nitrogen and oxygen atoms in total. The molecule has 2 atom stereocenters. The zero-order valence-electron chi connectivity index (χ0n) is 9.69. The van der Waals surface area contributed by atoms with Gasteiger partial charge in [-0.15, -0.1) is 0 Å². The maximum Gasteiger partial charge on any atom is 0.409 e. The molecule has 1 saturated heterocycles. The van der Waals surface area contributed by atoms with Gasteiger partial charge in [0.15, 0.2) is 0 Å². The first-order valence-corrected chi connectivity index (χ1v) is 5.92. The normalized spacial score (nSPS) is 30.6. The van der Waals surface area contributed by atoms with Gasteiger partial charge in [0.1, 0.15) is 12.8 Å². The fourth-order valence-corrected chi connectivity index (χ4v) is 2.51. The lowest BCUT2D eigenvalue weighted by atomic mass is 9.90. The van der Waals surface area contributed by atoms with Crippen molar-refractivity contribution in [2.45, 2.75) is 12.6 Å². The number of alkyl halides is 1. The fourth-order valence-electron chi connectivity index (χ4n) is 2.51. The molecule has 18 heavy (non-hydrogen) atoms. The van der Waals surface area contributed by atoms with Gasteiger partial charge < -0.3 is 15.0 Å². The van der Waals surface area contributed by atoms with E-state index in [4.69, 9.17) is 4.74 Å². The highest BCUT2D eigenvalue weighted by Gasteiger charge is 2.36. The minimum atomic E-state index is -1.21. The van der Waals surface area contributed by atoms with Crippen molar-refractivity contribution in [3.05, 3.63) is 23.4 Å². The van der Waals surface area contributed by atoms with Crippen molar-refractivity contribution in [3.63, 3.8) is 0 Å². The number of nitrogens with zero attached hydrogens (tertiary/aromatic N) is 1. The third-order valence-electron chi connectivity index (χ3n) is 3.47. The molecule has 0 radical (unpaired) electrons. The molecule has 1 aliphatic carbocycles. The fraction of sp³-hybridized carbons (Fsp3) is 0.500. The Morgan fingerprint density at radius 3 is 3.06 bits per heavy atom. The lowest BCUT2D eigenvalue weighted by Crippen LogP contribution is -2.35. The Balaban J connectivity index is 1.71. The molecule has 0 saturated carbocycles. The van der Waals surface area contributed by atoms with E-state index in [1.54, 1.807) is 12.2 Å². The van der Waals surface area contributed by atoms with E-state index < -0.39 is 18.2 Å². The van der Waals surface area contributed by atoms with Crippen LogP contribution in [0.1, 0.15) is 6.42 Å². The summed E-state index contributed by atoms with van der Waals surface area (Å²) in [5.41, 5.74) is 1.08. The second-order valence-corrected chi connectivity index (χ2v) is 4.65. The SMILES string of the molecule is O=C1CC2=C(C=CC(CN3CCOC3=O)C2F)N1. The molecule has 6 heteroatoms.